The maximum Gasteiger partial charge on any atom is 0.435 e. The van der Waals surface area contributed by atoms with Crippen molar-refractivity contribution in [2.45, 2.75) is 9.97 Å². The van der Waals surface area contributed by atoms with Gasteiger partial charge in [-0.1, -0.05) is 34.8 Å². The lowest BCUT2D eigenvalue weighted by molar-refractivity contribution is -0.124. The molecule has 0 aliphatic carbocycles. The summed E-state index contributed by atoms with van der Waals surface area (Å²) >= 11 is 13.2. The third-order valence-electron chi connectivity index (χ3n) is 0.321. The largest absolute Gasteiger partial charge is 0.435 e. The van der Waals surface area contributed by atoms with Gasteiger partial charge in [-0.15, -0.1) is 0 Å². The molecule has 0 aromatic carbocycles. The third-order valence-corrected chi connectivity index (χ3v) is 0.964. The molecule has 0 aromatic rings. The molecule has 0 amide bonds. The molecule has 0 fully saturated rings. The second-order valence-corrected chi connectivity index (χ2v) is 3.28. The molecule has 0 spiro atoms. The van der Waals surface area contributed by atoms with E-state index in [-0.39, 0.29) is 0 Å². The number of aliphatic hydroxyl groups is 1. The first kappa shape index (κ1) is 13.2. The van der Waals surface area contributed by atoms with Gasteiger partial charge in [0, 0.05) is 7.11 Å². The Kier molecular flexibility index (Phi) is 5.94. The minimum Gasteiger partial charge on any atom is -0.400 e. The van der Waals surface area contributed by atoms with Crippen molar-refractivity contribution in [2.24, 2.45) is 0 Å². The van der Waals surface area contributed by atoms with Crippen LogP contribution in [0.2, 0.25) is 0 Å². The molecule has 0 rings (SSSR count). The van der Waals surface area contributed by atoms with Crippen LogP contribution < -0.4 is 0 Å². The van der Waals surface area contributed by atoms with E-state index in [4.69, 9.17) is 5.11 Å². The fraction of sp³-hybridized carbons (Fsp3) is 1.00. The molecule has 10 heavy (non-hydrogen) atoms. The van der Waals surface area contributed by atoms with Crippen molar-refractivity contribution in [3.8, 4) is 0 Å². The van der Waals surface area contributed by atoms with Crippen LogP contribution in [0.3, 0.4) is 0 Å². The minimum absolute atomic E-state index is 1.00. The summed E-state index contributed by atoms with van der Waals surface area (Å²) in [5, 5.41) is 7.00. The molecule has 0 saturated heterocycles. The maximum atomic E-state index is 11.2. The van der Waals surface area contributed by atoms with Crippen LogP contribution in [0.5, 0.6) is 0 Å². The average molecular weight is 219 g/mol. The molecule has 0 aliphatic heterocycles. The topological polar surface area (TPSA) is 20.2 Å². The van der Waals surface area contributed by atoms with Crippen LogP contribution in [0.15, 0.2) is 0 Å². The summed E-state index contributed by atoms with van der Waals surface area (Å²) in [4.78, 5) is 0. The Labute approximate surface area is 70.7 Å². The van der Waals surface area contributed by atoms with Gasteiger partial charge in [0.25, 0.3) is 3.79 Å². The Balaban J connectivity index is 0. The normalized spacial score (nSPS) is 12.0. The van der Waals surface area contributed by atoms with Crippen molar-refractivity contribution in [2.75, 3.05) is 7.11 Å². The van der Waals surface area contributed by atoms with Gasteiger partial charge in [-0.25, -0.2) is 0 Å². The van der Waals surface area contributed by atoms with Crippen LogP contribution in [-0.4, -0.2) is 22.2 Å². The van der Waals surface area contributed by atoms with E-state index < -0.39 is 9.97 Å². The van der Waals surface area contributed by atoms with E-state index in [9.17, 15) is 13.2 Å². The Morgan fingerprint density at radius 2 is 1.10 bits per heavy atom. The van der Waals surface area contributed by atoms with Crippen LogP contribution in [0.25, 0.3) is 0 Å². The Morgan fingerprint density at radius 1 is 1.00 bits per heavy atom. The first-order chi connectivity index (χ1) is 4.25. The summed E-state index contributed by atoms with van der Waals surface area (Å²) in [6.45, 7) is 0. The number of hydrogen-bond acceptors (Lipinski definition) is 1. The summed E-state index contributed by atoms with van der Waals surface area (Å²) in [7, 11) is 1.00. The van der Waals surface area contributed by atoms with Crippen molar-refractivity contribution in [3.63, 3.8) is 0 Å². The fourth-order valence-electron chi connectivity index (χ4n) is 0. The van der Waals surface area contributed by atoms with E-state index in [1.54, 1.807) is 0 Å². The lowest BCUT2D eigenvalue weighted by Gasteiger charge is -2.13. The molecule has 64 valence electrons. The van der Waals surface area contributed by atoms with Gasteiger partial charge in [-0.2, -0.15) is 13.2 Å². The highest BCUT2D eigenvalue weighted by molar-refractivity contribution is 6.68. The van der Waals surface area contributed by atoms with Crippen LogP contribution in [0.1, 0.15) is 0 Å². The molecule has 0 saturated carbocycles. The smallest absolute Gasteiger partial charge is 0.400 e. The molecule has 0 aliphatic rings. The molecule has 0 radical (unpaired) electrons. The number of rotatable bonds is 0. The highest BCUT2D eigenvalue weighted by Crippen LogP contribution is 2.42. The van der Waals surface area contributed by atoms with Crippen molar-refractivity contribution in [1.82, 2.24) is 0 Å². The molecule has 1 N–H and O–H groups in total. The zero-order chi connectivity index (χ0) is 9.00. The van der Waals surface area contributed by atoms with Crippen molar-refractivity contribution >= 4 is 34.8 Å². The number of hydrogen-bond donors (Lipinski definition) is 1. The predicted molar refractivity (Wildman–Crippen MR) is 34.5 cm³/mol. The highest BCUT2D eigenvalue weighted by atomic mass is 35.6. The zero-order valence-corrected chi connectivity index (χ0v) is 6.98. The summed E-state index contributed by atoms with van der Waals surface area (Å²) in [5.41, 5.74) is 0. The van der Waals surface area contributed by atoms with E-state index in [0.717, 1.165) is 7.11 Å². The summed E-state index contributed by atoms with van der Waals surface area (Å²) < 4.78 is 30.4. The van der Waals surface area contributed by atoms with Crippen LogP contribution in [0, 0.1) is 0 Å². The van der Waals surface area contributed by atoms with Gasteiger partial charge in [-0.05, 0) is 0 Å². The zero-order valence-electron chi connectivity index (χ0n) is 4.72. The lowest BCUT2D eigenvalue weighted by atomic mass is 10.8. The molecule has 7 heteroatoms. The molecule has 0 heterocycles. The molecular formula is C3H4Cl3F3O. The first-order valence-corrected chi connectivity index (χ1v) is 2.97. The summed E-state index contributed by atoms with van der Waals surface area (Å²) in [6.07, 6.45) is -4.77. The summed E-state index contributed by atoms with van der Waals surface area (Å²) in [5.74, 6) is 0. The number of aliphatic hydroxyl groups excluding tert-OH is 1. The molecule has 0 bridgehead atoms. The highest BCUT2D eigenvalue weighted by Gasteiger charge is 2.51. The standard InChI is InChI=1S/C2Cl3F3.CH4O/c3-1(4,5)2(6,7)8;1-2/h;2H,1H3. The van der Waals surface area contributed by atoms with Gasteiger partial charge >= 0.3 is 6.18 Å². The SMILES string of the molecule is CO.FC(F)(F)C(Cl)(Cl)Cl. The van der Waals surface area contributed by atoms with Crippen LogP contribution in [-0.2, 0) is 0 Å². The van der Waals surface area contributed by atoms with Gasteiger partial charge in [0.15, 0.2) is 0 Å². The molecule has 1 nitrogen and oxygen atoms in total. The quantitative estimate of drug-likeness (QED) is 0.621. The van der Waals surface area contributed by atoms with E-state index in [0.29, 0.717) is 0 Å². The maximum absolute atomic E-state index is 11.2. The van der Waals surface area contributed by atoms with Gasteiger partial charge in [0.1, 0.15) is 0 Å². The molecule has 0 atom stereocenters. The van der Waals surface area contributed by atoms with E-state index in [1.807, 2.05) is 0 Å². The second kappa shape index (κ2) is 4.49. The van der Waals surface area contributed by atoms with Gasteiger partial charge in [0.05, 0.1) is 0 Å². The van der Waals surface area contributed by atoms with E-state index in [1.165, 1.54) is 0 Å². The molecule has 0 aromatic heterocycles. The number of halogens is 6. The van der Waals surface area contributed by atoms with Crippen LogP contribution >= 0.6 is 34.8 Å². The lowest BCUT2D eigenvalue weighted by Crippen LogP contribution is -2.27. The first-order valence-electron chi connectivity index (χ1n) is 1.83. The van der Waals surface area contributed by atoms with E-state index in [2.05, 4.69) is 34.8 Å². The Hall–Kier alpha value is 0.620. The third kappa shape index (κ3) is 5.41. The van der Waals surface area contributed by atoms with Crippen LogP contribution in [0.4, 0.5) is 13.2 Å². The predicted octanol–water partition coefficient (Wildman–Crippen LogP) is 2.53. The Morgan fingerprint density at radius 3 is 1.10 bits per heavy atom. The fourth-order valence-corrected chi connectivity index (χ4v) is 0. The minimum atomic E-state index is -4.77. The van der Waals surface area contributed by atoms with Crippen molar-refractivity contribution in [3.05, 3.63) is 0 Å². The van der Waals surface area contributed by atoms with Crippen molar-refractivity contribution in [1.29, 1.82) is 0 Å². The van der Waals surface area contributed by atoms with E-state index >= 15 is 0 Å². The van der Waals surface area contributed by atoms with Gasteiger partial charge in [-0.3, -0.25) is 0 Å². The second-order valence-electron chi connectivity index (χ2n) is 0.996. The van der Waals surface area contributed by atoms with Crippen molar-refractivity contribution < 1.29 is 18.3 Å². The molecule has 0 unspecified atom stereocenters. The van der Waals surface area contributed by atoms with Gasteiger partial charge < -0.3 is 5.11 Å². The summed E-state index contributed by atoms with van der Waals surface area (Å²) in [6, 6.07) is 0. The average Bonchev–Trinajstić information content (AvgIpc) is 1.66. The monoisotopic (exact) mass is 218 g/mol. The molecular weight excluding hydrogens is 215 g/mol. The Bertz CT molecular complexity index is 74.0. The van der Waals surface area contributed by atoms with Gasteiger partial charge in [0.2, 0.25) is 0 Å². The number of alkyl halides is 6.